The molecule has 5 nitrogen and oxygen atoms in total. The van der Waals surface area contributed by atoms with Crippen LogP contribution in [0.3, 0.4) is 0 Å². The maximum atomic E-state index is 13.4. The largest absolute Gasteiger partial charge is 0.450 e. The Morgan fingerprint density at radius 3 is 2.59 bits per heavy atom. The third-order valence-corrected chi connectivity index (χ3v) is 5.23. The summed E-state index contributed by atoms with van der Waals surface area (Å²) in [5, 5.41) is 0.516. The van der Waals surface area contributed by atoms with Crippen LogP contribution < -0.4 is 5.43 Å². The van der Waals surface area contributed by atoms with E-state index in [2.05, 4.69) is 0 Å². The van der Waals surface area contributed by atoms with E-state index in [1.807, 2.05) is 63.2 Å². The van der Waals surface area contributed by atoms with Crippen molar-refractivity contribution in [1.82, 2.24) is 4.90 Å². The minimum atomic E-state index is -0.445. The monoisotopic (exact) mass is 391 g/mol. The van der Waals surface area contributed by atoms with Gasteiger partial charge in [0.2, 0.25) is 5.76 Å². The van der Waals surface area contributed by atoms with E-state index < -0.39 is 6.04 Å². The molecule has 2 heterocycles. The lowest BCUT2D eigenvalue weighted by Gasteiger charge is -2.25. The van der Waals surface area contributed by atoms with E-state index in [4.69, 9.17) is 9.15 Å². The first-order valence-corrected chi connectivity index (χ1v) is 10.0. The molecular weight excluding hydrogens is 366 g/mol. The number of nitrogens with zero attached hydrogens (tertiary/aromatic N) is 1. The molecule has 1 aliphatic rings. The summed E-state index contributed by atoms with van der Waals surface area (Å²) in [6.45, 7) is 6.96. The lowest BCUT2D eigenvalue weighted by molar-refractivity contribution is 0.0593. The highest BCUT2D eigenvalue weighted by molar-refractivity contribution is 5.99. The van der Waals surface area contributed by atoms with Crippen LogP contribution in [-0.4, -0.2) is 30.1 Å². The number of rotatable bonds is 6. The molecule has 1 aromatic heterocycles. The van der Waals surface area contributed by atoms with Gasteiger partial charge in [0.25, 0.3) is 5.91 Å². The molecule has 1 atom stereocenters. The van der Waals surface area contributed by atoms with Gasteiger partial charge >= 0.3 is 0 Å². The van der Waals surface area contributed by atoms with Crippen LogP contribution >= 0.6 is 0 Å². The average Bonchev–Trinajstić information content (AvgIpc) is 2.99. The van der Waals surface area contributed by atoms with Gasteiger partial charge < -0.3 is 14.1 Å². The normalized spacial score (nSPS) is 16.1. The number of aryl methyl sites for hydroxylation is 1. The van der Waals surface area contributed by atoms with Crippen LogP contribution in [0.2, 0.25) is 0 Å². The molecule has 150 valence electrons. The van der Waals surface area contributed by atoms with Crippen LogP contribution in [0.4, 0.5) is 0 Å². The van der Waals surface area contributed by atoms with Crippen LogP contribution in [0, 0.1) is 6.92 Å². The van der Waals surface area contributed by atoms with Gasteiger partial charge in [0.15, 0.2) is 5.43 Å². The number of benzene rings is 2. The summed E-state index contributed by atoms with van der Waals surface area (Å²) in [5.41, 5.74) is 2.64. The molecule has 1 amide bonds. The molecule has 5 heteroatoms. The predicted molar refractivity (Wildman–Crippen MR) is 112 cm³/mol. The molecule has 3 aromatic rings. The fourth-order valence-corrected chi connectivity index (χ4v) is 3.90. The zero-order chi connectivity index (χ0) is 20.5. The Kier molecular flexibility index (Phi) is 5.24. The second-order valence-electron chi connectivity index (χ2n) is 7.76. The fourth-order valence-electron chi connectivity index (χ4n) is 3.90. The minimum absolute atomic E-state index is 0.131. The molecule has 0 saturated carbocycles. The Bertz CT molecular complexity index is 1100. The van der Waals surface area contributed by atoms with Crippen molar-refractivity contribution in [3.63, 3.8) is 0 Å². The van der Waals surface area contributed by atoms with Gasteiger partial charge in [-0.2, -0.15) is 0 Å². The van der Waals surface area contributed by atoms with Crippen LogP contribution in [0.15, 0.2) is 57.7 Å². The molecule has 0 aliphatic carbocycles. The predicted octanol–water partition coefficient (Wildman–Crippen LogP) is 4.46. The van der Waals surface area contributed by atoms with E-state index in [9.17, 15) is 9.59 Å². The highest BCUT2D eigenvalue weighted by Crippen LogP contribution is 2.38. The fraction of sp³-hybridized carbons (Fsp3) is 0.333. The Morgan fingerprint density at radius 1 is 1.10 bits per heavy atom. The van der Waals surface area contributed by atoms with Crippen LogP contribution in [0.1, 0.15) is 53.6 Å². The Labute approximate surface area is 169 Å². The molecule has 4 rings (SSSR count). The highest BCUT2D eigenvalue weighted by atomic mass is 16.5. The number of carbonyl (C=O) groups excluding carboxylic acids is 1. The van der Waals surface area contributed by atoms with Crippen LogP contribution in [0.5, 0.6) is 0 Å². The van der Waals surface area contributed by atoms with Crippen LogP contribution in [0.25, 0.3) is 11.0 Å². The summed E-state index contributed by atoms with van der Waals surface area (Å²) in [5.74, 6) is -0.0806. The maximum Gasteiger partial charge on any atom is 0.290 e. The molecule has 29 heavy (non-hydrogen) atoms. The molecule has 2 aromatic carbocycles. The number of ether oxygens (including phenoxy) is 1. The van der Waals surface area contributed by atoms with Crippen LogP contribution in [-0.2, 0) is 4.74 Å². The molecule has 0 unspecified atom stereocenters. The van der Waals surface area contributed by atoms with E-state index in [-0.39, 0.29) is 23.2 Å². The van der Waals surface area contributed by atoms with Crippen molar-refractivity contribution in [2.75, 3.05) is 13.2 Å². The van der Waals surface area contributed by atoms with E-state index in [0.717, 1.165) is 11.1 Å². The molecule has 0 bridgehead atoms. The van der Waals surface area contributed by atoms with E-state index >= 15 is 0 Å². The standard InChI is InChI=1S/C24H25NO4/c1-15(2)28-13-7-12-25-21(17-8-5-4-6-9-17)20-22(26)18-14-16(3)10-11-19(18)29-23(20)24(25)27/h4-6,8-11,14-15,21H,7,12-13H2,1-3H3/t21-/m0/s1. The quantitative estimate of drug-likeness (QED) is 0.582. The average molecular weight is 391 g/mol. The third kappa shape index (κ3) is 3.58. The first-order chi connectivity index (χ1) is 14.0. The smallest absolute Gasteiger partial charge is 0.290 e. The van der Waals surface area contributed by atoms with Gasteiger partial charge in [0.1, 0.15) is 5.58 Å². The number of fused-ring (bicyclic) bond motifs is 2. The zero-order valence-corrected chi connectivity index (χ0v) is 17.0. The minimum Gasteiger partial charge on any atom is -0.450 e. The molecule has 0 spiro atoms. The van der Waals surface area contributed by atoms with Gasteiger partial charge in [-0.05, 0) is 44.9 Å². The maximum absolute atomic E-state index is 13.4. The van der Waals surface area contributed by atoms with Gasteiger partial charge in [0.05, 0.1) is 23.1 Å². The lowest BCUT2D eigenvalue weighted by atomic mass is 9.98. The number of amides is 1. The first kappa shape index (κ1) is 19.4. The van der Waals surface area contributed by atoms with Crippen molar-refractivity contribution >= 4 is 16.9 Å². The molecule has 0 saturated heterocycles. The second-order valence-corrected chi connectivity index (χ2v) is 7.76. The molecule has 1 aliphatic heterocycles. The Balaban J connectivity index is 1.80. The van der Waals surface area contributed by atoms with Gasteiger partial charge in [-0.25, -0.2) is 0 Å². The van der Waals surface area contributed by atoms with Crippen molar-refractivity contribution in [3.05, 3.63) is 81.2 Å². The number of hydrogen-bond acceptors (Lipinski definition) is 4. The summed E-state index contributed by atoms with van der Waals surface area (Å²) in [7, 11) is 0. The molecule has 0 fully saturated rings. The van der Waals surface area contributed by atoms with Gasteiger partial charge in [-0.15, -0.1) is 0 Å². The van der Waals surface area contributed by atoms with Gasteiger partial charge in [0, 0.05) is 13.2 Å². The zero-order valence-electron chi connectivity index (χ0n) is 17.0. The summed E-state index contributed by atoms with van der Waals surface area (Å²) in [6.07, 6.45) is 0.830. The Morgan fingerprint density at radius 2 is 1.86 bits per heavy atom. The summed E-state index contributed by atoms with van der Waals surface area (Å²) >= 11 is 0. The second kappa shape index (κ2) is 7.84. The molecule has 0 radical (unpaired) electrons. The van der Waals surface area contributed by atoms with Crippen molar-refractivity contribution in [2.24, 2.45) is 0 Å². The number of carbonyl (C=O) groups is 1. The highest BCUT2D eigenvalue weighted by Gasteiger charge is 2.42. The molecule has 0 N–H and O–H groups in total. The summed E-state index contributed by atoms with van der Waals surface area (Å²) in [4.78, 5) is 28.4. The van der Waals surface area contributed by atoms with Gasteiger partial charge in [-0.3, -0.25) is 9.59 Å². The van der Waals surface area contributed by atoms with Crippen molar-refractivity contribution in [2.45, 2.75) is 39.3 Å². The first-order valence-electron chi connectivity index (χ1n) is 10.0. The van der Waals surface area contributed by atoms with E-state index in [1.165, 1.54) is 0 Å². The summed E-state index contributed by atoms with van der Waals surface area (Å²) < 4.78 is 11.6. The lowest BCUT2D eigenvalue weighted by Crippen LogP contribution is -2.31. The number of hydrogen-bond donors (Lipinski definition) is 0. The van der Waals surface area contributed by atoms with Crippen molar-refractivity contribution < 1.29 is 13.9 Å². The van der Waals surface area contributed by atoms with E-state index in [1.54, 1.807) is 11.0 Å². The molecular formula is C24H25NO4. The third-order valence-electron chi connectivity index (χ3n) is 5.23. The van der Waals surface area contributed by atoms with Gasteiger partial charge in [-0.1, -0.05) is 42.0 Å². The summed E-state index contributed by atoms with van der Waals surface area (Å²) in [6, 6.07) is 14.7. The van der Waals surface area contributed by atoms with E-state index in [0.29, 0.717) is 36.1 Å². The topological polar surface area (TPSA) is 59.8 Å². The van der Waals surface area contributed by atoms with Crippen molar-refractivity contribution in [3.8, 4) is 0 Å². The SMILES string of the molecule is Cc1ccc2oc3c(c(=O)c2c1)[C@H](c1ccccc1)N(CCCOC(C)C)C3=O. The van der Waals surface area contributed by atoms with Crippen molar-refractivity contribution in [1.29, 1.82) is 0 Å². The Hall–Kier alpha value is -2.92.